The molecule has 2 amide bonds. The van der Waals surface area contributed by atoms with Crippen molar-refractivity contribution >= 4 is 56.0 Å². The van der Waals surface area contributed by atoms with E-state index in [2.05, 4.69) is 47.7 Å². The van der Waals surface area contributed by atoms with Crippen LogP contribution in [-0.4, -0.2) is 23.1 Å². The number of nitrogens with zero attached hydrogens (tertiary/aromatic N) is 1. The van der Waals surface area contributed by atoms with E-state index in [-0.39, 0.29) is 11.4 Å². The molecule has 0 bridgehead atoms. The number of rotatable bonds is 7. The summed E-state index contributed by atoms with van der Waals surface area (Å²) in [5.74, 6) is -1.07. The number of allylic oxidation sites excluding steroid dienone is 2. The molecule has 3 aromatic rings. The summed E-state index contributed by atoms with van der Waals surface area (Å²) in [6.45, 7) is 0. The third kappa shape index (κ3) is 7.27. The van der Waals surface area contributed by atoms with E-state index in [0.29, 0.717) is 15.6 Å². The Morgan fingerprint density at radius 1 is 0.939 bits per heavy atom. The van der Waals surface area contributed by atoms with Crippen LogP contribution in [0.25, 0.3) is 6.08 Å². The fourth-order valence-electron chi connectivity index (χ4n) is 2.68. The average Bonchev–Trinajstić information content (AvgIpc) is 2.82. The van der Waals surface area contributed by atoms with Gasteiger partial charge in [0.1, 0.15) is 11.4 Å². The van der Waals surface area contributed by atoms with Crippen molar-refractivity contribution in [2.45, 2.75) is 0 Å². The van der Waals surface area contributed by atoms with Crippen molar-refractivity contribution in [3.8, 4) is 5.75 Å². The van der Waals surface area contributed by atoms with Crippen LogP contribution in [0.2, 0.25) is 0 Å². The van der Waals surface area contributed by atoms with Gasteiger partial charge in [0.05, 0.1) is 10.7 Å². The number of aromatic hydroxyl groups is 1. The minimum Gasteiger partial charge on any atom is -0.506 e. The van der Waals surface area contributed by atoms with E-state index < -0.39 is 11.8 Å². The Morgan fingerprint density at radius 2 is 1.61 bits per heavy atom. The largest absolute Gasteiger partial charge is 0.506 e. The molecule has 0 heterocycles. The van der Waals surface area contributed by atoms with E-state index in [9.17, 15) is 14.7 Å². The molecule has 0 radical (unpaired) electrons. The first-order valence-electron chi connectivity index (χ1n) is 9.75. The van der Waals surface area contributed by atoms with Gasteiger partial charge in [-0.1, -0.05) is 76.6 Å². The van der Waals surface area contributed by atoms with Gasteiger partial charge in [0.15, 0.2) is 0 Å². The highest BCUT2D eigenvalue weighted by Crippen LogP contribution is 2.30. The van der Waals surface area contributed by atoms with E-state index in [1.54, 1.807) is 48.5 Å². The van der Waals surface area contributed by atoms with Crippen molar-refractivity contribution in [2.24, 2.45) is 5.10 Å². The lowest BCUT2D eigenvalue weighted by atomic mass is 10.2. The van der Waals surface area contributed by atoms with Gasteiger partial charge in [-0.05, 0) is 51.8 Å². The fourth-order valence-corrected chi connectivity index (χ4v) is 3.94. The predicted molar refractivity (Wildman–Crippen MR) is 137 cm³/mol. The molecule has 0 unspecified atom stereocenters. The first-order valence-corrected chi connectivity index (χ1v) is 11.3. The third-order valence-electron chi connectivity index (χ3n) is 4.31. The summed E-state index contributed by atoms with van der Waals surface area (Å²) < 4.78 is 1.20. The van der Waals surface area contributed by atoms with Gasteiger partial charge >= 0.3 is 0 Å². The quantitative estimate of drug-likeness (QED) is 0.154. The number of amides is 2. The molecule has 0 saturated heterocycles. The molecule has 8 heteroatoms. The van der Waals surface area contributed by atoms with Crippen LogP contribution in [0, 0.1) is 0 Å². The van der Waals surface area contributed by atoms with Gasteiger partial charge in [0.25, 0.3) is 11.8 Å². The van der Waals surface area contributed by atoms with Crippen molar-refractivity contribution in [3.05, 3.63) is 116 Å². The molecule has 0 aromatic heterocycles. The lowest BCUT2D eigenvalue weighted by Crippen LogP contribution is -2.32. The molecule has 6 nitrogen and oxygen atoms in total. The normalized spacial score (nSPS) is 11.6. The van der Waals surface area contributed by atoms with E-state index in [0.717, 1.165) is 10.0 Å². The molecular formula is C25H19Br2N3O3. The van der Waals surface area contributed by atoms with Gasteiger partial charge in [-0.25, -0.2) is 5.43 Å². The van der Waals surface area contributed by atoms with Crippen molar-refractivity contribution in [1.82, 2.24) is 10.7 Å². The van der Waals surface area contributed by atoms with Crippen molar-refractivity contribution < 1.29 is 14.7 Å². The molecule has 0 aliphatic carbocycles. The van der Waals surface area contributed by atoms with Crippen molar-refractivity contribution in [1.29, 1.82) is 0 Å². The smallest absolute Gasteiger partial charge is 0.287 e. The van der Waals surface area contributed by atoms with Gasteiger partial charge in [-0.15, -0.1) is 0 Å². The number of hydrogen-bond acceptors (Lipinski definition) is 4. The lowest BCUT2D eigenvalue weighted by molar-refractivity contribution is -0.117. The maximum Gasteiger partial charge on any atom is 0.287 e. The van der Waals surface area contributed by atoms with Gasteiger partial charge in [-0.2, -0.15) is 5.10 Å². The summed E-state index contributed by atoms with van der Waals surface area (Å²) in [6.07, 6.45) is 6.27. The third-order valence-corrected chi connectivity index (χ3v) is 5.37. The van der Waals surface area contributed by atoms with Crippen LogP contribution in [0.1, 0.15) is 21.5 Å². The van der Waals surface area contributed by atoms with Crippen molar-refractivity contribution in [2.75, 3.05) is 0 Å². The maximum atomic E-state index is 12.7. The van der Waals surface area contributed by atoms with Crippen LogP contribution in [0.15, 0.2) is 105 Å². The summed E-state index contributed by atoms with van der Waals surface area (Å²) in [7, 11) is 0. The average molecular weight is 569 g/mol. The van der Waals surface area contributed by atoms with Crippen LogP contribution in [-0.2, 0) is 4.79 Å². The van der Waals surface area contributed by atoms with E-state index >= 15 is 0 Å². The molecule has 0 atom stereocenters. The summed E-state index contributed by atoms with van der Waals surface area (Å²) in [5.41, 5.74) is 4.12. The van der Waals surface area contributed by atoms with Crippen LogP contribution in [0.3, 0.4) is 0 Å². The fraction of sp³-hybridized carbons (Fsp3) is 0. The number of carbonyl (C=O) groups is 2. The van der Waals surface area contributed by atoms with E-state index in [1.807, 2.05) is 36.4 Å². The first kappa shape index (κ1) is 24.2. The highest BCUT2D eigenvalue weighted by molar-refractivity contribution is 9.11. The van der Waals surface area contributed by atoms with Crippen LogP contribution in [0.5, 0.6) is 5.75 Å². The van der Waals surface area contributed by atoms with Gasteiger partial charge in [0, 0.05) is 15.6 Å². The monoisotopic (exact) mass is 567 g/mol. The Kier molecular flexibility index (Phi) is 8.74. The highest BCUT2D eigenvalue weighted by atomic mass is 79.9. The summed E-state index contributed by atoms with van der Waals surface area (Å²) in [5, 5.41) is 16.6. The SMILES string of the molecule is O=C(NN=Cc1cc(Br)cc(Br)c1O)C(=CC=Cc1ccccc1)NC(=O)c1ccccc1. The minimum absolute atomic E-state index is 0.00725. The Morgan fingerprint density at radius 3 is 2.30 bits per heavy atom. The predicted octanol–water partition coefficient (Wildman–Crippen LogP) is 5.39. The van der Waals surface area contributed by atoms with E-state index in [1.165, 1.54) is 12.3 Å². The Hall–Kier alpha value is -3.49. The molecule has 0 fully saturated rings. The summed E-state index contributed by atoms with van der Waals surface area (Å²) >= 11 is 6.58. The molecular weight excluding hydrogens is 550 g/mol. The Bertz CT molecular complexity index is 1220. The van der Waals surface area contributed by atoms with Crippen LogP contribution < -0.4 is 10.7 Å². The maximum absolute atomic E-state index is 12.7. The number of halogens is 2. The van der Waals surface area contributed by atoms with Crippen LogP contribution in [0.4, 0.5) is 0 Å². The number of carbonyl (C=O) groups excluding carboxylic acids is 2. The summed E-state index contributed by atoms with van der Waals surface area (Å²) in [6, 6.07) is 21.4. The Balaban J connectivity index is 1.78. The van der Waals surface area contributed by atoms with Crippen molar-refractivity contribution in [3.63, 3.8) is 0 Å². The van der Waals surface area contributed by atoms with E-state index in [4.69, 9.17) is 0 Å². The number of hydrazone groups is 1. The zero-order valence-corrected chi connectivity index (χ0v) is 20.4. The zero-order valence-electron chi connectivity index (χ0n) is 17.2. The number of phenolic OH excluding ortho intramolecular Hbond substituents is 1. The summed E-state index contributed by atoms with van der Waals surface area (Å²) in [4.78, 5) is 25.3. The second-order valence-electron chi connectivity index (χ2n) is 6.69. The minimum atomic E-state index is -0.623. The lowest BCUT2D eigenvalue weighted by Gasteiger charge is -2.08. The standard InChI is InChI=1S/C25H19Br2N3O3/c26-20-14-19(23(31)21(27)15-20)16-28-30-25(33)22(13-7-10-17-8-3-1-4-9-17)29-24(32)18-11-5-2-6-12-18/h1-16,31H,(H,29,32)(H,30,33). The number of hydrogen-bond donors (Lipinski definition) is 3. The molecule has 0 aliphatic rings. The first-order chi connectivity index (χ1) is 15.9. The number of phenols is 1. The second-order valence-corrected chi connectivity index (χ2v) is 8.46. The second kappa shape index (κ2) is 11.9. The Labute approximate surface area is 208 Å². The van der Waals surface area contributed by atoms with Crippen LogP contribution >= 0.6 is 31.9 Å². The number of benzene rings is 3. The molecule has 0 spiro atoms. The topological polar surface area (TPSA) is 90.8 Å². The molecule has 166 valence electrons. The zero-order chi connectivity index (χ0) is 23.6. The van der Waals surface area contributed by atoms with Gasteiger partial charge in [0.2, 0.25) is 0 Å². The molecule has 0 aliphatic heterocycles. The van der Waals surface area contributed by atoms with Gasteiger partial charge < -0.3 is 10.4 Å². The molecule has 3 N–H and O–H groups in total. The number of nitrogens with one attached hydrogen (secondary N) is 2. The molecule has 0 saturated carbocycles. The highest BCUT2D eigenvalue weighted by Gasteiger charge is 2.13. The molecule has 33 heavy (non-hydrogen) atoms. The van der Waals surface area contributed by atoms with Gasteiger partial charge in [-0.3, -0.25) is 9.59 Å². The molecule has 3 aromatic carbocycles. The molecule has 3 rings (SSSR count).